The number of rotatable bonds is 6. The van der Waals surface area contributed by atoms with Crippen LogP contribution >= 0.6 is 0 Å². The smallest absolute Gasteiger partial charge is 0.251 e. The summed E-state index contributed by atoms with van der Waals surface area (Å²) in [7, 11) is 1.55. The molecular formula is C10H22N2O2. The van der Waals surface area contributed by atoms with E-state index in [2.05, 4.69) is 5.32 Å². The Morgan fingerprint density at radius 1 is 1.64 bits per heavy atom. The van der Waals surface area contributed by atoms with Crippen molar-refractivity contribution in [3.8, 4) is 0 Å². The van der Waals surface area contributed by atoms with Crippen LogP contribution in [-0.4, -0.2) is 31.7 Å². The van der Waals surface area contributed by atoms with E-state index in [9.17, 15) is 4.79 Å². The zero-order valence-electron chi connectivity index (χ0n) is 9.59. The average Bonchev–Trinajstić information content (AvgIpc) is 2.23. The van der Waals surface area contributed by atoms with E-state index >= 15 is 0 Å². The van der Waals surface area contributed by atoms with Crippen molar-refractivity contribution in [2.24, 2.45) is 11.7 Å². The third-order valence-electron chi connectivity index (χ3n) is 2.62. The zero-order chi connectivity index (χ0) is 11.2. The van der Waals surface area contributed by atoms with Crippen LogP contribution in [0.1, 0.15) is 27.2 Å². The molecule has 2 atom stereocenters. The topological polar surface area (TPSA) is 64.3 Å². The Labute approximate surface area is 86.2 Å². The van der Waals surface area contributed by atoms with Gasteiger partial charge in [0.15, 0.2) is 0 Å². The quantitative estimate of drug-likeness (QED) is 0.659. The highest BCUT2D eigenvalue weighted by molar-refractivity contribution is 5.84. The second-order valence-corrected chi connectivity index (χ2v) is 3.84. The first-order valence-electron chi connectivity index (χ1n) is 5.03. The average molecular weight is 202 g/mol. The van der Waals surface area contributed by atoms with Crippen molar-refractivity contribution in [3.63, 3.8) is 0 Å². The number of ether oxygens (including phenoxy) is 1. The molecule has 2 unspecified atom stereocenters. The lowest BCUT2D eigenvalue weighted by Crippen LogP contribution is -2.47. The second-order valence-electron chi connectivity index (χ2n) is 3.84. The molecule has 0 aliphatic heterocycles. The van der Waals surface area contributed by atoms with Gasteiger partial charge in [0, 0.05) is 13.7 Å². The van der Waals surface area contributed by atoms with Crippen molar-refractivity contribution in [1.29, 1.82) is 0 Å². The molecule has 0 heterocycles. The van der Waals surface area contributed by atoms with Gasteiger partial charge in [-0.1, -0.05) is 13.8 Å². The van der Waals surface area contributed by atoms with E-state index in [1.54, 1.807) is 14.0 Å². The van der Waals surface area contributed by atoms with Crippen LogP contribution in [0.25, 0.3) is 0 Å². The minimum Gasteiger partial charge on any atom is -0.369 e. The predicted octanol–water partition coefficient (Wildman–Crippen LogP) is 0.513. The summed E-state index contributed by atoms with van der Waals surface area (Å²) in [6, 6.07) is 0. The number of nitrogens with one attached hydrogen (secondary N) is 1. The fraction of sp³-hybridized carbons (Fsp3) is 0.900. The Hall–Kier alpha value is -0.610. The SMILES string of the molecule is CCC(C)(OC)C(=O)NCC(C)CN. The van der Waals surface area contributed by atoms with Crippen LogP contribution in [0.4, 0.5) is 0 Å². The van der Waals surface area contributed by atoms with Crippen LogP contribution in [0.2, 0.25) is 0 Å². The maximum absolute atomic E-state index is 11.7. The molecule has 0 rings (SSSR count). The lowest BCUT2D eigenvalue weighted by atomic mass is 10.0. The Bertz CT molecular complexity index is 179. The zero-order valence-corrected chi connectivity index (χ0v) is 9.59. The molecule has 0 aromatic rings. The summed E-state index contributed by atoms with van der Waals surface area (Å²) in [4.78, 5) is 11.7. The van der Waals surface area contributed by atoms with E-state index in [0.717, 1.165) is 0 Å². The second kappa shape index (κ2) is 5.98. The Kier molecular flexibility index (Phi) is 5.72. The van der Waals surface area contributed by atoms with Crippen LogP contribution in [0.15, 0.2) is 0 Å². The predicted molar refractivity (Wildman–Crippen MR) is 56.9 cm³/mol. The van der Waals surface area contributed by atoms with Gasteiger partial charge in [0.1, 0.15) is 5.60 Å². The van der Waals surface area contributed by atoms with Gasteiger partial charge in [-0.3, -0.25) is 4.79 Å². The maximum Gasteiger partial charge on any atom is 0.251 e. The lowest BCUT2D eigenvalue weighted by molar-refractivity contribution is -0.141. The van der Waals surface area contributed by atoms with Gasteiger partial charge in [-0.15, -0.1) is 0 Å². The molecule has 0 aliphatic rings. The molecule has 0 spiro atoms. The molecule has 0 aromatic heterocycles. The molecule has 0 bridgehead atoms. The molecule has 0 saturated heterocycles. The fourth-order valence-electron chi connectivity index (χ4n) is 0.935. The molecular weight excluding hydrogens is 180 g/mol. The van der Waals surface area contributed by atoms with Crippen LogP contribution < -0.4 is 11.1 Å². The number of hydrogen-bond donors (Lipinski definition) is 2. The van der Waals surface area contributed by atoms with Crippen molar-refractivity contribution in [2.45, 2.75) is 32.8 Å². The molecule has 3 N–H and O–H groups in total. The molecule has 0 saturated carbocycles. The van der Waals surface area contributed by atoms with Crippen LogP contribution in [-0.2, 0) is 9.53 Å². The largest absolute Gasteiger partial charge is 0.369 e. The standard InChI is InChI=1S/C10H22N2O2/c1-5-10(3,14-4)9(13)12-7-8(2)6-11/h8H,5-7,11H2,1-4H3,(H,12,13). The van der Waals surface area contributed by atoms with Crippen LogP contribution in [0, 0.1) is 5.92 Å². The first kappa shape index (κ1) is 13.4. The lowest BCUT2D eigenvalue weighted by Gasteiger charge is -2.25. The minimum atomic E-state index is -0.714. The number of hydrogen-bond acceptors (Lipinski definition) is 3. The van der Waals surface area contributed by atoms with Gasteiger partial charge in [-0.2, -0.15) is 0 Å². The number of carbonyl (C=O) groups excluding carboxylic acids is 1. The third kappa shape index (κ3) is 3.64. The van der Waals surface area contributed by atoms with Gasteiger partial charge in [0.25, 0.3) is 5.91 Å². The Morgan fingerprint density at radius 2 is 2.21 bits per heavy atom. The molecule has 84 valence electrons. The van der Waals surface area contributed by atoms with E-state index in [4.69, 9.17) is 10.5 Å². The highest BCUT2D eigenvalue weighted by atomic mass is 16.5. The summed E-state index contributed by atoms with van der Waals surface area (Å²) in [6.07, 6.45) is 0.659. The molecule has 1 amide bonds. The van der Waals surface area contributed by atoms with Gasteiger partial charge < -0.3 is 15.8 Å². The van der Waals surface area contributed by atoms with Crippen LogP contribution in [0.3, 0.4) is 0 Å². The number of methoxy groups -OCH3 is 1. The Balaban J connectivity index is 4.06. The third-order valence-corrected chi connectivity index (χ3v) is 2.62. The van der Waals surface area contributed by atoms with E-state index in [0.29, 0.717) is 25.4 Å². The van der Waals surface area contributed by atoms with E-state index in [1.807, 2.05) is 13.8 Å². The van der Waals surface area contributed by atoms with Gasteiger partial charge >= 0.3 is 0 Å². The summed E-state index contributed by atoms with van der Waals surface area (Å²) in [5, 5.41) is 2.83. The van der Waals surface area contributed by atoms with Crippen molar-refractivity contribution < 1.29 is 9.53 Å². The number of amides is 1. The summed E-state index contributed by atoms with van der Waals surface area (Å²) in [5.41, 5.74) is 4.74. The number of carbonyl (C=O) groups is 1. The fourth-order valence-corrected chi connectivity index (χ4v) is 0.935. The van der Waals surface area contributed by atoms with Crippen molar-refractivity contribution in [3.05, 3.63) is 0 Å². The number of nitrogens with two attached hydrogens (primary N) is 1. The highest BCUT2D eigenvalue weighted by Gasteiger charge is 2.30. The normalized spacial score (nSPS) is 17.2. The monoisotopic (exact) mass is 202 g/mol. The molecule has 4 nitrogen and oxygen atoms in total. The van der Waals surface area contributed by atoms with Gasteiger partial charge in [-0.25, -0.2) is 0 Å². The highest BCUT2D eigenvalue weighted by Crippen LogP contribution is 2.13. The van der Waals surface area contributed by atoms with Gasteiger partial charge in [-0.05, 0) is 25.8 Å². The van der Waals surface area contributed by atoms with Crippen molar-refractivity contribution in [1.82, 2.24) is 5.32 Å². The van der Waals surface area contributed by atoms with E-state index < -0.39 is 5.60 Å². The summed E-state index contributed by atoms with van der Waals surface area (Å²) < 4.78 is 5.17. The molecule has 4 heteroatoms. The summed E-state index contributed by atoms with van der Waals surface area (Å²) in [6.45, 7) is 6.89. The first-order chi connectivity index (χ1) is 6.50. The summed E-state index contributed by atoms with van der Waals surface area (Å²) in [5.74, 6) is 0.236. The maximum atomic E-state index is 11.7. The van der Waals surface area contributed by atoms with Gasteiger partial charge in [0.05, 0.1) is 0 Å². The van der Waals surface area contributed by atoms with Gasteiger partial charge in [0.2, 0.25) is 0 Å². The molecule has 0 aromatic carbocycles. The molecule has 0 fully saturated rings. The summed E-state index contributed by atoms with van der Waals surface area (Å²) >= 11 is 0. The minimum absolute atomic E-state index is 0.0669. The Morgan fingerprint density at radius 3 is 2.57 bits per heavy atom. The first-order valence-corrected chi connectivity index (χ1v) is 5.03. The van der Waals surface area contributed by atoms with Crippen LogP contribution in [0.5, 0.6) is 0 Å². The van der Waals surface area contributed by atoms with Crippen molar-refractivity contribution >= 4 is 5.91 Å². The van der Waals surface area contributed by atoms with Crippen molar-refractivity contribution in [2.75, 3.05) is 20.2 Å². The molecule has 14 heavy (non-hydrogen) atoms. The molecule has 0 radical (unpaired) electrons. The van der Waals surface area contributed by atoms with E-state index in [-0.39, 0.29) is 5.91 Å². The van der Waals surface area contributed by atoms with E-state index in [1.165, 1.54) is 0 Å². The molecule has 0 aliphatic carbocycles.